The van der Waals surface area contributed by atoms with Crippen LogP contribution in [0.3, 0.4) is 0 Å². The minimum Gasteiger partial charge on any atom is -0.494 e. The van der Waals surface area contributed by atoms with Crippen LogP contribution < -0.4 is 10.5 Å². The van der Waals surface area contributed by atoms with Crippen molar-refractivity contribution in [2.24, 2.45) is 11.7 Å². The zero-order chi connectivity index (χ0) is 15.1. The summed E-state index contributed by atoms with van der Waals surface area (Å²) in [6.07, 6.45) is 5.65. The van der Waals surface area contributed by atoms with Gasteiger partial charge in [-0.2, -0.15) is 0 Å². The molecule has 0 radical (unpaired) electrons. The Bertz CT molecular complexity index is 464. The molecule has 0 aliphatic heterocycles. The molecule has 3 nitrogen and oxygen atoms in total. The van der Waals surface area contributed by atoms with Gasteiger partial charge < -0.3 is 10.5 Å². The molecule has 0 aromatic heterocycles. The van der Waals surface area contributed by atoms with Crippen molar-refractivity contribution in [3.05, 3.63) is 29.8 Å². The van der Waals surface area contributed by atoms with Crippen LogP contribution in [0.25, 0.3) is 0 Å². The second-order valence-electron chi connectivity index (χ2n) is 6.03. The Kier molecular flexibility index (Phi) is 6.71. The van der Waals surface area contributed by atoms with E-state index >= 15 is 0 Å². The minimum atomic E-state index is -0.691. The van der Waals surface area contributed by atoms with Gasteiger partial charge in [0, 0.05) is 28.3 Å². The predicted octanol–water partition coefficient (Wildman–Crippen LogP) is 3.24. The van der Waals surface area contributed by atoms with Crippen molar-refractivity contribution < 1.29 is 8.95 Å². The molecule has 2 N–H and O–H groups in total. The summed E-state index contributed by atoms with van der Waals surface area (Å²) in [4.78, 5) is 0. The van der Waals surface area contributed by atoms with Crippen LogP contribution in [0.15, 0.2) is 24.3 Å². The van der Waals surface area contributed by atoms with Crippen LogP contribution in [0.5, 0.6) is 5.75 Å². The molecule has 1 saturated carbocycles. The normalized spacial score (nSPS) is 23.7. The van der Waals surface area contributed by atoms with Crippen molar-refractivity contribution in [1.29, 1.82) is 0 Å². The highest BCUT2D eigenvalue weighted by Gasteiger charge is 2.23. The molecule has 0 heterocycles. The molecular formula is C17H27NO2S. The monoisotopic (exact) mass is 309 g/mol. The second kappa shape index (κ2) is 8.54. The molecule has 3 unspecified atom stereocenters. The molecule has 1 aromatic rings. The molecule has 1 aliphatic carbocycles. The maximum atomic E-state index is 12.3. The fraction of sp³-hybridized carbons (Fsp3) is 0.647. The Labute approximate surface area is 130 Å². The SMILES string of the molecule is CC1CCCC(S(=O)CCCOc2cccc(CN)c2)C1. The average Bonchev–Trinajstić information content (AvgIpc) is 2.51. The number of nitrogens with two attached hydrogens (primary N) is 1. The highest BCUT2D eigenvalue weighted by Crippen LogP contribution is 2.27. The molecule has 118 valence electrons. The lowest BCUT2D eigenvalue weighted by Crippen LogP contribution is -2.25. The van der Waals surface area contributed by atoms with E-state index < -0.39 is 10.8 Å². The van der Waals surface area contributed by atoms with Crippen LogP contribution in [0.4, 0.5) is 0 Å². The quantitative estimate of drug-likeness (QED) is 0.787. The Balaban J connectivity index is 1.68. The summed E-state index contributed by atoms with van der Waals surface area (Å²) in [5, 5.41) is 0.411. The van der Waals surface area contributed by atoms with Crippen molar-refractivity contribution in [3.8, 4) is 5.75 Å². The van der Waals surface area contributed by atoms with Crippen LogP contribution in [0.1, 0.15) is 44.6 Å². The average molecular weight is 309 g/mol. The van der Waals surface area contributed by atoms with E-state index in [0.717, 1.165) is 42.2 Å². The molecule has 4 heteroatoms. The molecule has 1 fully saturated rings. The summed E-state index contributed by atoms with van der Waals surface area (Å²) >= 11 is 0. The van der Waals surface area contributed by atoms with Crippen LogP contribution >= 0.6 is 0 Å². The number of rotatable bonds is 7. The number of benzene rings is 1. The van der Waals surface area contributed by atoms with Gasteiger partial charge in [-0.3, -0.25) is 4.21 Å². The topological polar surface area (TPSA) is 52.3 Å². The van der Waals surface area contributed by atoms with Crippen molar-refractivity contribution >= 4 is 10.8 Å². The first-order valence-electron chi connectivity index (χ1n) is 7.98. The first-order chi connectivity index (χ1) is 10.2. The van der Waals surface area contributed by atoms with Gasteiger partial charge in [-0.1, -0.05) is 31.9 Å². The van der Waals surface area contributed by atoms with E-state index in [4.69, 9.17) is 10.5 Å². The highest BCUT2D eigenvalue weighted by atomic mass is 32.2. The van der Waals surface area contributed by atoms with Gasteiger partial charge in [0.05, 0.1) is 6.61 Å². The lowest BCUT2D eigenvalue weighted by atomic mass is 9.91. The van der Waals surface area contributed by atoms with Crippen molar-refractivity contribution in [2.75, 3.05) is 12.4 Å². The Morgan fingerprint density at radius 3 is 3.00 bits per heavy atom. The molecule has 1 aliphatic rings. The number of ether oxygens (including phenoxy) is 1. The fourth-order valence-electron chi connectivity index (χ4n) is 2.94. The summed E-state index contributed by atoms with van der Waals surface area (Å²) in [6, 6.07) is 7.87. The van der Waals surface area contributed by atoms with Gasteiger partial charge in [0.15, 0.2) is 0 Å². The standard InChI is InChI=1S/C17H27NO2S/c1-14-5-2-8-17(11-14)21(19)10-4-9-20-16-7-3-6-15(12-16)13-18/h3,6-7,12,14,17H,2,4-5,8-11,13,18H2,1H3. The van der Waals surface area contributed by atoms with E-state index in [9.17, 15) is 4.21 Å². The van der Waals surface area contributed by atoms with Crippen molar-refractivity contribution in [2.45, 2.75) is 50.8 Å². The lowest BCUT2D eigenvalue weighted by molar-refractivity contribution is 0.317. The summed E-state index contributed by atoms with van der Waals surface area (Å²) in [6.45, 7) is 3.43. The maximum Gasteiger partial charge on any atom is 0.119 e. The van der Waals surface area contributed by atoms with Crippen LogP contribution in [-0.2, 0) is 17.3 Å². The van der Waals surface area contributed by atoms with Crippen LogP contribution in [-0.4, -0.2) is 21.8 Å². The zero-order valence-electron chi connectivity index (χ0n) is 12.9. The summed E-state index contributed by atoms with van der Waals surface area (Å²) < 4.78 is 18.0. The molecule has 1 aromatic carbocycles. The van der Waals surface area contributed by atoms with Gasteiger partial charge in [-0.25, -0.2) is 0 Å². The first-order valence-corrected chi connectivity index (χ1v) is 9.36. The van der Waals surface area contributed by atoms with Crippen LogP contribution in [0, 0.1) is 5.92 Å². The fourth-order valence-corrected chi connectivity index (χ4v) is 4.65. The smallest absolute Gasteiger partial charge is 0.119 e. The third-order valence-corrected chi connectivity index (χ3v) is 6.02. The van der Waals surface area contributed by atoms with E-state index in [1.807, 2.05) is 24.3 Å². The van der Waals surface area contributed by atoms with Gasteiger partial charge in [-0.15, -0.1) is 0 Å². The van der Waals surface area contributed by atoms with Gasteiger partial charge in [0.25, 0.3) is 0 Å². The van der Waals surface area contributed by atoms with E-state index in [1.165, 1.54) is 12.8 Å². The third-order valence-electron chi connectivity index (χ3n) is 4.15. The van der Waals surface area contributed by atoms with E-state index in [-0.39, 0.29) is 0 Å². The third kappa shape index (κ3) is 5.44. The van der Waals surface area contributed by atoms with Crippen molar-refractivity contribution in [1.82, 2.24) is 0 Å². The van der Waals surface area contributed by atoms with Gasteiger partial charge in [0.1, 0.15) is 5.75 Å². The largest absolute Gasteiger partial charge is 0.494 e. The summed E-state index contributed by atoms with van der Waals surface area (Å²) in [5.41, 5.74) is 6.69. The molecule has 21 heavy (non-hydrogen) atoms. The van der Waals surface area contributed by atoms with Crippen molar-refractivity contribution in [3.63, 3.8) is 0 Å². The Hall–Kier alpha value is -0.870. The second-order valence-corrected chi connectivity index (χ2v) is 7.87. The molecule has 3 atom stereocenters. The zero-order valence-corrected chi connectivity index (χ0v) is 13.7. The van der Waals surface area contributed by atoms with E-state index in [0.29, 0.717) is 18.4 Å². The lowest BCUT2D eigenvalue weighted by Gasteiger charge is -2.26. The highest BCUT2D eigenvalue weighted by molar-refractivity contribution is 7.85. The first kappa shape index (κ1) is 16.5. The maximum absolute atomic E-state index is 12.3. The van der Waals surface area contributed by atoms with Gasteiger partial charge in [-0.05, 0) is 42.9 Å². The molecule has 0 spiro atoms. The van der Waals surface area contributed by atoms with Gasteiger partial charge >= 0.3 is 0 Å². The Morgan fingerprint density at radius 1 is 1.38 bits per heavy atom. The Morgan fingerprint density at radius 2 is 2.24 bits per heavy atom. The molecule has 0 saturated heterocycles. The summed E-state index contributed by atoms with van der Waals surface area (Å²) in [5.74, 6) is 2.35. The van der Waals surface area contributed by atoms with Gasteiger partial charge in [0.2, 0.25) is 0 Å². The molecule has 2 rings (SSSR count). The minimum absolute atomic E-state index is 0.411. The molecule has 0 amide bonds. The number of hydrogen-bond donors (Lipinski definition) is 1. The summed E-state index contributed by atoms with van der Waals surface area (Å²) in [7, 11) is -0.691. The number of hydrogen-bond acceptors (Lipinski definition) is 3. The van der Waals surface area contributed by atoms with E-state index in [2.05, 4.69) is 6.92 Å². The molecular weight excluding hydrogens is 282 g/mol. The van der Waals surface area contributed by atoms with E-state index in [1.54, 1.807) is 0 Å². The predicted molar refractivity (Wildman–Crippen MR) is 88.9 cm³/mol. The van der Waals surface area contributed by atoms with Crippen LogP contribution in [0.2, 0.25) is 0 Å². The molecule has 0 bridgehead atoms.